The number of nitrogens with zero attached hydrogens (tertiary/aromatic N) is 1. The molecule has 1 saturated carbocycles. The lowest BCUT2D eigenvalue weighted by molar-refractivity contribution is -0.137. The van der Waals surface area contributed by atoms with Gasteiger partial charge in [0.25, 0.3) is 0 Å². The van der Waals surface area contributed by atoms with Gasteiger partial charge in [-0.25, -0.2) is 4.79 Å². The molecule has 6 nitrogen and oxygen atoms in total. The number of nitrogens with one attached hydrogen (secondary N) is 2. The molecule has 0 radical (unpaired) electrons. The standard InChI is InChI=1S/C13H23N3O3/c17-12(18)9-11-3-1-8-16(11)13(19)15-7-2-6-14-10-4-5-10/h10-11,14H,1-9H2,(H,15,19)(H,17,18). The van der Waals surface area contributed by atoms with E-state index in [1.807, 2.05) is 0 Å². The number of rotatable bonds is 7. The van der Waals surface area contributed by atoms with Crippen LogP contribution in [0.25, 0.3) is 0 Å². The number of carbonyl (C=O) groups excluding carboxylic acids is 1. The highest BCUT2D eigenvalue weighted by molar-refractivity contribution is 5.76. The van der Waals surface area contributed by atoms with Crippen LogP contribution in [0.3, 0.4) is 0 Å². The summed E-state index contributed by atoms with van der Waals surface area (Å²) < 4.78 is 0. The highest BCUT2D eigenvalue weighted by atomic mass is 16.4. The average molecular weight is 269 g/mol. The molecule has 3 N–H and O–H groups in total. The monoisotopic (exact) mass is 269 g/mol. The van der Waals surface area contributed by atoms with Gasteiger partial charge in [0.15, 0.2) is 0 Å². The summed E-state index contributed by atoms with van der Waals surface area (Å²) >= 11 is 0. The molecule has 108 valence electrons. The molecule has 2 aliphatic rings. The van der Waals surface area contributed by atoms with Gasteiger partial charge in [-0.15, -0.1) is 0 Å². The van der Waals surface area contributed by atoms with Crippen LogP contribution in [0.5, 0.6) is 0 Å². The van der Waals surface area contributed by atoms with E-state index in [1.165, 1.54) is 12.8 Å². The van der Waals surface area contributed by atoms with Crippen molar-refractivity contribution >= 4 is 12.0 Å². The second-order valence-electron chi connectivity index (χ2n) is 5.40. The summed E-state index contributed by atoms with van der Waals surface area (Å²) in [6.45, 7) is 2.25. The smallest absolute Gasteiger partial charge is 0.317 e. The Morgan fingerprint density at radius 2 is 2.00 bits per heavy atom. The Kier molecular flexibility index (Phi) is 5.01. The minimum absolute atomic E-state index is 0.0522. The van der Waals surface area contributed by atoms with E-state index < -0.39 is 5.97 Å². The van der Waals surface area contributed by atoms with Gasteiger partial charge in [0.2, 0.25) is 0 Å². The molecule has 0 spiro atoms. The molecule has 1 atom stereocenters. The van der Waals surface area contributed by atoms with Gasteiger partial charge in [-0.2, -0.15) is 0 Å². The highest BCUT2D eigenvalue weighted by Crippen LogP contribution is 2.20. The van der Waals surface area contributed by atoms with Crippen LogP contribution in [0.4, 0.5) is 4.79 Å². The molecule has 0 aromatic rings. The topological polar surface area (TPSA) is 81.7 Å². The first-order chi connectivity index (χ1) is 9.16. The number of carboxylic acid groups (broad SMARTS) is 1. The van der Waals surface area contributed by atoms with Crippen molar-refractivity contribution in [2.45, 2.75) is 50.6 Å². The van der Waals surface area contributed by atoms with Crippen LogP contribution in [0.2, 0.25) is 0 Å². The van der Waals surface area contributed by atoms with E-state index >= 15 is 0 Å². The number of urea groups is 1. The number of amides is 2. The van der Waals surface area contributed by atoms with Crippen LogP contribution in [0.15, 0.2) is 0 Å². The van der Waals surface area contributed by atoms with Crippen LogP contribution in [0.1, 0.15) is 38.5 Å². The van der Waals surface area contributed by atoms with E-state index in [9.17, 15) is 9.59 Å². The lowest BCUT2D eigenvalue weighted by Gasteiger charge is -2.23. The zero-order valence-electron chi connectivity index (χ0n) is 11.2. The molecule has 0 bridgehead atoms. The summed E-state index contributed by atoms with van der Waals surface area (Å²) in [6, 6.07) is 0.450. The zero-order chi connectivity index (χ0) is 13.7. The third-order valence-corrected chi connectivity index (χ3v) is 3.69. The number of carboxylic acids is 1. The maximum absolute atomic E-state index is 11.9. The summed E-state index contributed by atoms with van der Waals surface area (Å²) in [7, 11) is 0. The van der Waals surface area contributed by atoms with Crippen molar-refractivity contribution in [2.24, 2.45) is 0 Å². The average Bonchev–Trinajstić information content (AvgIpc) is 3.07. The minimum Gasteiger partial charge on any atom is -0.481 e. The number of likely N-dealkylation sites (tertiary alicyclic amines) is 1. The van der Waals surface area contributed by atoms with Crippen molar-refractivity contribution in [3.05, 3.63) is 0 Å². The predicted octanol–water partition coefficient (Wildman–Crippen LogP) is 0.777. The molecule has 2 fully saturated rings. The first-order valence-corrected chi connectivity index (χ1v) is 7.16. The quantitative estimate of drug-likeness (QED) is 0.596. The molecule has 6 heteroatoms. The van der Waals surface area contributed by atoms with Crippen LogP contribution in [-0.2, 0) is 4.79 Å². The minimum atomic E-state index is -0.835. The molecule has 0 aromatic carbocycles. The first-order valence-electron chi connectivity index (χ1n) is 7.16. The van der Waals surface area contributed by atoms with Crippen molar-refractivity contribution in [1.82, 2.24) is 15.5 Å². The van der Waals surface area contributed by atoms with E-state index in [0.29, 0.717) is 19.1 Å². The Labute approximate surface area is 113 Å². The predicted molar refractivity (Wildman–Crippen MR) is 71.0 cm³/mol. The van der Waals surface area contributed by atoms with Crippen LogP contribution in [-0.4, -0.2) is 53.7 Å². The molecular formula is C13H23N3O3. The second-order valence-corrected chi connectivity index (χ2v) is 5.40. The fourth-order valence-corrected chi connectivity index (χ4v) is 2.50. The van der Waals surface area contributed by atoms with Gasteiger partial charge >= 0.3 is 12.0 Å². The van der Waals surface area contributed by atoms with Crippen molar-refractivity contribution in [2.75, 3.05) is 19.6 Å². The fraction of sp³-hybridized carbons (Fsp3) is 0.846. The maximum Gasteiger partial charge on any atom is 0.317 e. The Balaban J connectivity index is 1.61. The number of carbonyl (C=O) groups is 2. The summed E-state index contributed by atoms with van der Waals surface area (Å²) in [5.74, 6) is -0.835. The summed E-state index contributed by atoms with van der Waals surface area (Å²) in [6.07, 6.45) is 5.21. The van der Waals surface area contributed by atoms with Gasteiger partial charge in [-0.05, 0) is 38.6 Å². The normalized spacial score (nSPS) is 22.5. The second kappa shape index (κ2) is 6.75. The summed E-state index contributed by atoms with van der Waals surface area (Å²) in [5, 5.41) is 15.1. The third-order valence-electron chi connectivity index (χ3n) is 3.69. The molecule has 1 unspecified atom stereocenters. The van der Waals surface area contributed by atoms with E-state index in [-0.39, 0.29) is 18.5 Å². The largest absolute Gasteiger partial charge is 0.481 e. The van der Waals surface area contributed by atoms with Crippen LogP contribution in [0, 0.1) is 0 Å². The van der Waals surface area contributed by atoms with Gasteiger partial charge in [0, 0.05) is 25.2 Å². The number of hydrogen-bond donors (Lipinski definition) is 3. The molecule has 2 rings (SSSR count). The van der Waals surface area contributed by atoms with Crippen molar-refractivity contribution in [3.8, 4) is 0 Å². The molecule has 1 aliphatic carbocycles. The van der Waals surface area contributed by atoms with Gasteiger partial charge in [0.05, 0.1) is 6.42 Å². The highest BCUT2D eigenvalue weighted by Gasteiger charge is 2.30. The van der Waals surface area contributed by atoms with Crippen molar-refractivity contribution in [3.63, 3.8) is 0 Å². The Morgan fingerprint density at radius 3 is 2.68 bits per heavy atom. The molecule has 19 heavy (non-hydrogen) atoms. The lowest BCUT2D eigenvalue weighted by Crippen LogP contribution is -2.44. The van der Waals surface area contributed by atoms with Crippen LogP contribution < -0.4 is 10.6 Å². The number of aliphatic carboxylic acids is 1. The maximum atomic E-state index is 11.9. The Bertz CT molecular complexity index is 331. The van der Waals surface area contributed by atoms with Crippen molar-refractivity contribution < 1.29 is 14.7 Å². The molecular weight excluding hydrogens is 246 g/mol. The molecule has 1 aliphatic heterocycles. The van der Waals surface area contributed by atoms with Gasteiger partial charge in [-0.3, -0.25) is 4.79 Å². The van der Waals surface area contributed by atoms with E-state index in [0.717, 1.165) is 25.8 Å². The number of hydrogen-bond acceptors (Lipinski definition) is 3. The molecule has 0 aromatic heterocycles. The SMILES string of the molecule is O=C(O)CC1CCCN1C(=O)NCCCNC1CC1. The van der Waals surface area contributed by atoms with Gasteiger partial charge < -0.3 is 20.6 Å². The first kappa shape index (κ1) is 14.1. The zero-order valence-corrected chi connectivity index (χ0v) is 11.2. The van der Waals surface area contributed by atoms with E-state index in [2.05, 4.69) is 10.6 Å². The fourth-order valence-electron chi connectivity index (χ4n) is 2.50. The third kappa shape index (κ3) is 4.70. The van der Waals surface area contributed by atoms with Crippen molar-refractivity contribution in [1.29, 1.82) is 0 Å². The Hall–Kier alpha value is -1.30. The van der Waals surface area contributed by atoms with Crippen LogP contribution >= 0.6 is 0 Å². The van der Waals surface area contributed by atoms with Gasteiger partial charge in [-0.1, -0.05) is 0 Å². The van der Waals surface area contributed by atoms with Gasteiger partial charge in [0.1, 0.15) is 0 Å². The summed E-state index contributed by atoms with van der Waals surface area (Å²) in [4.78, 5) is 24.3. The van der Waals surface area contributed by atoms with E-state index in [4.69, 9.17) is 5.11 Å². The Morgan fingerprint density at radius 1 is 1.21 bits per heavy atom. The molecule has 2 amide bonds. The molecule has 1 heterocycles. The lowest BCUT2D eigenvalue weighted by atomic mass is 10.1. The summed E-state index contributed by atoms with van der Waals surface area (Å²) in [5.41, 5.74) is 0. The van der Waals surface area contributed by atoms with E-state index in [1.54, 1.807) is 4.90 Å². The molecule has 1 saturated heterocycles.